The molecule has 6 nitrogen and oxygen atoms in total. The maximum atomic E-state index is 14.0. The van der Waals surface area contributed by atoms with E-state index in [1.54, 1.807) is 13.0 Å². The Balaban J connectivity index is 1.67. The third-order valence-electron chi connectivity index (χ3n) is 6.03. The molecular weight excluding hydrogens is 395 g/mol. The van der Waals surface area contributed by atoms with Gasteiger partial charge >= 0.3 is 0 Å². The van der Waals surface area contributed by atoms with E-state index in [0.29, 0.717) is 0 Å². The summed E-state index contributed by atoms with van der Waals surface area (Å²) in [7, 11) is -3.59. The van der Waals surface area contributed by atoms with Gasteiger partial charge in [0, 0.05) is 19.0 Å². The molecule has 2 heterocycles. The fraction of sp³-hybridized carbons (Fsp3) is 0.381. The van der Waals surface area contributed by atoms with E-state index < -0.39 is 33.3 Å². The number of sulfonamides is 1. The fourth-order valence-corrected chi connectivity index (χ4v) is 6.43. The summed E-state index contributed by atoms with van der Waals surface area (Å²) in [5.74, 6) is -1.38. The van der Waals surface area contributed by atoms with Crippen molar-refractivity contribution in [1.29, 1.82) is 0 Å². The Morgan fingerprint density at radius 3 is 2.34 bits per heavy atom. The van der Waals surface area contributed by atoms with E-state index in [-0.39, 0.29) is 36.9 Å². The molecule has 0 aromatic heterocycles. The van der Waals surface area contributed by atoms with Crippen LogP contribution in [0.2, 0.25) is 0 Å². The van der Waals surface area contributed by atoms with Gasteiger partial charge < -0.3 is 10.0 Å². The van der Waals surface area contributed by atoms with Gasteiger partial charge in [-0.3, -0.25) is 4.79 Å². The molecule has 2 saturated heterocycles. The minimum Gasteiger partial charge on any atom is -0.395 e. The largest absolute Gasteiger partial charge is 0.395 e. The highest BCUT2D eigenvalue weighted by atomic mass is 32.2. The van der Waals surface area contributed by atoms with Gasteiger partial charge in [0.15, 0.2) is 0 Å². The molecule has 2 aromatic carbocycles. The van der Waals surface area contributed by atoms with Crippen molar-refractivity contribution in [3.63, 3.8) is 0 Å². The second-order valence-corrected chi connectivity index (χ2v) is 9.71. The summed E-state index contributed by atoms with van der Waals surface area (Å²) in [6.45, 7) is 1.58. The van der Waals surface area contributed by atoms with Crippen LogP contribution >= 0.6 is 0 Å². The number of likely N-dealkylation sites (tertiary alicyclic amines) is 1. The lowest BCUT2D eigenvalue weighted by atomic mass is 9.62. The van der Waals surface area contributed by atoms with Crippen LogP contribution in [0.4, 0.5) is 4.39 Å². The molecule has 154 valence electrons. The van der Waals surface area contributed by atoms with Crippen LogP contribution in [0, 0.1) is 5.82 Å². The summed E-state index contributed by atoms with van der Waals surface area (Å²) in [6, 6.07) is 14.6. The van der Waals surface area contributed by atoms with E-state index in [1.165, 1.54) is 27.4 Å². The summed E-state index contributed by atoms with van der Waals surface area (Å²) in [5.41, 5.74) is 0.0819. The maximum Gasteiger partial charge on any atom is 0.256 e. The van der Waals surface area contributed by atoms with Crippen molar-refractivity contribution < 1.29 is 22.7 Å². The first kappa shape index (κ1) is 20.0. The second-order valence-electron chi connectivity index (χ2n) is 7.58. The van der Waals surface area contributed by atoms with Crippen molar-refractivity contribution in [2.24, 2.45) is 0 Å². The second kappa shape index (κ2) is 7.19. The van der Waals surface area contributed by atoms with E-state index in [0.717, 1.165) is 5.56 Å². The van der Waals surface area contributed by atoms with E-state index in [1.807, 2.05) is 30.3 Å². The SMILES string of the molecule is CCS(=O)(=O)N1[C@H](CO)[C@@H](c2ccccc2)C12CN(C(=O)c1ccccc1F)C2. The molecule has 2 aliphatic heterocycles. The molecule has 1 amide bonds. The molecule has 1 N–H and O–H groups in total. The van der Waals surface area contributed by atoms with E-state index in [9.17, 15) is 22.7 Å². The third kappa shape index (κ3) is 2.97. The van der Waals surface area contributed by atoms with Gasteiger partial charge in [-0.1, -0.05) is 42.5 Å². The average Bonchev–Trinajstić information content (AvgIpc) is 2.67. The summed E-state index contributed by atoms with van der Waals surface area (Å²) in [4.78, 5) is 14.2. The van der Waals surface area contributed by atoms with Gasteiger partial charge in [-0.05, 0) is 24.6 Å². The van der Waals surface area contributed by atoms with Gasteiger partial charge in [-0.2, -0.15) is 4.31 Å². The third-order valence-corrected chi connectivity index (χ3v) is 8.00. The molecule has 8 heteroatoms. The normalized spacial score (nSPS) is 23.5. The first-order valence-electron chi connectivity index (χ1n) is 9.57. The van der Waals surface area contributed by atoms with Gasteiger partial charge in [0.25, 0.3) is 5.91 Å². The molecule has 0 unspecified atom stereocenters. The Morgan fingerprint density at radius 2 is 1.76 bits per heavy atom. The number of halogens is 1. The van der Waals surface area contributed by atoms with Crippen LogP contribution in [0.1, 0.15) is 28.8 Å². The van der Waals surface area contributed by atoms with Gasteiger partial charge in [0.05, 0.1) is 29.5 Å². The molecule has 2 atom stereocenters. The van der Waals surface area contributed by atoms with Crippen LogP contribution in [0.5, 0.6) is 0 Å². The minimum atomic E-state index is -3.59. The van der Waals surface area contributed by atoms with Crippen molar-refractivity contribution in [3.8, 4) is 0 Å². The van der Waals surface area contributed by atoms with Crippen LogP contribution in [-0.2, 0) is 10.0 Å². The number of aliphatic hydroxyl groups excluding tert-OH is 1. The lowest BCUT2D eigenvalue weighted by molar-refractivity contribution is -0.128. The maximum absolute atomic E-state index is 14.0. The number of hydrogen-bond acceptors (Lipinski definition) is 4. The highest BCUT2D eigenvalue weighted by molar-refractivity contribution is 7.89. The molecule has 2 aromatic rings. The quantitative estimate of drug-likeness (QED) is 0.804. The molecule has 1 spiro atoms. The lowest BCUT2D eigenvalue weighted by Crippen LogP contribution is -2.85. The van der Waals surface area contributed by atoms with Crippen molar-refractivity contribution in [3.05, 3.63) is 71.5 Å². The van der Waals surface area contributed by atoms with E-state index >= 15 is 0 Å². The highest BCUT2D eigenvalue weighted by Gasteiger charge is 2.69. The summed E-state index contributed by atoms with van der Waals surface area (Å²) < 4.78 is 41.0. The van der Waals surface area contributed by atoms with Crippen LogP contribution in [-0.4, -0.2) is 65.7 Å². The molecule has 29 heavy (non-hydrogen) atoms. The number of nitrogens with zero attached hydrogens (tertiary/aromatic N) is 2. The number of rotatable bonds is 5. The van der Waals surface area contributed by atoms with Crippen molar-refractivity contribution >= 4 is 15.9 Å². The number of amides is 1. The molecule has 0 bridgehead atoms. The standard InChI is InChI=1S/C21H23FN2O4S/c1-2-29(27,28)24-18(12-25)19(15-8-4-3-5-9-15)21(24)13-23(14-21)20(26)16-10-6-7-11-17(16)22/h3-11,18-19,25H,2,12-14H2,1H3/t18-,19-/m1/s1. The number of carbonyl (C=O) groups is 1. The number of benzene rings is 2. The van der Waals surface area contributed by atoms with Crippen molar-refractivity contribution in [2.45, 2.75) is 24.4 Å². The van der Waals surface area contributed by atoms with Crippen LogP contribution in [0.3, 0.4) is 0 Å². The molecule has 2 aliphatic rings. The molecule has 2 fully saturated rings. The van der Waals surface area contributed by atoms with Crippen LogP contribution < -0.4 is 0 Å². The Hall–Kier alpha value is -2.29. The Kier molecular flexibility index (Phi) is 4.96. The first-order chi connectivity index (χ1) is 13.9. The van der Waals surface area contributed by atoms with Gasteiger partial charge in [0.1, 0.15) is 5.82 Å². The van der Waals surface area contributed by atoms with Gasteiger partial charge in [0.2, 0.25) is 10.0 Å². The lowest BCUT2D eigenvalue weighted by Gasteiger charge is -2.69. The van der Waals surface area contributed by atoms with Crippen molar-refractivity contribution in [2.75, 3.05) is 25.4 Å². The zero-order valence-electron chi connectivity index (χ0n) is 16.0. The molecule has 0 aliphatic carbocycles. The zero-order valence-corrected chi connectivity index (χ0v) is 16.8. The number of hydrogen-bond donors (Lipinski definition) is 1. The molecule has 0 radical (unpaired) electrons. The highest BCUT2D eigenvalue weighted by Crippen LogP contribution is 2.55. The van der Waals surface area contributed by atoms with E-state index in [2.05, 4.69) is 0 Å². The summed E-state index contributed by atoms with van der Waals surface area (Å²) in [5, 5.41) is 9.95. The predicted molar refractivity (Wildman–Crippen MR) is 106 cm³/mol. The van der Waals surface area contributed by atoms with E-state index in [4.69, 9.17) is 0 Å². The number of aliphatic hydroxyl groups is 1. The van der Waals surface area contributed by atoms with Crippen LogP contribution in [0.25, 0.3) is 0 Å². The molecular formula is C21H23FN2O4S. The van der Waals surface area contributed by atoms with Gasteiger partial charge in [-0.15, -0.1) is 0 Å². The Morgan fingerprint density at radius 1 is 1.14 bits per heavy atom. The Labute approximate surface area is 169 Å². The molecule has 0 saturated carbocycles. The summed E-state index contributed by atoms with van der Waals surface area (Å²) >= 11 is 0. The topological polar surface area (TPSA) is 77.9 Å². The van der Waals surface area contributed by atoms with Gasteiger partial charge in [-0.25, -0.2) is 12.8 Å². The van der Waals surface area contributed by atoms with Crippen LogP contribution in [0.15, 0.2) is 54.6 Å². The Bertz CT molecular complexity index is 1020. The minimum absolute atomic E-state index is 0.0264. The van der Waals surface area contributed by atoms with Crippen molar-refractivity contribution in [1.82, 2.24) is 9.21 Å². The molecule has 4 rings (SSSR count). The zero-order chi connectivity index (χ0) is 20.8. The first-order valence-corrected chi connectivity index (χ1v) is 11.2. The number of carbonyl (C=O) groups excluding carboxylic acids is 1. The fourth-order valence-electron chi connectivity index (χ4n) is 4.77. The predicted octanol–water partition coefficient (Wildman–Crippen LogP) is 1.83. The smallest absolute Gasteiger partial charge is 0.256 e. The monoisotopic (exact) mass is 418 g/mol. The average molecular weight is 418 g/mol. The summed E-state index contributed by atoms with van der Waals surface area (Å²) in [6.07, 6.45) is 0.